The Morgan fingerprint density at radius 3 is 2.73 bits per heavy atom. The SMILES string of the molecule is C[C@H](NC(=O)COC(=O)c1cccs1)c1ccc(Cl)cc1Cl. The summed E-state index contributed by atoms with van der Waals surface area (Å²) in [6.45, 7) is 1.44. The van der Waals surface area contributed by atoms with Gasteiger partial charge in [0.15, 0.2) is 6.61 Å². The van der Waals surface area contributed by atoms with Gasteiger partial charge in [0.2, 0.25) is 0 Å². The minimum atomic E-state index is -0.512. The van der Waals surface area contributed by atoms with Crippen LogP contribution in [0.1, 0.15) is 28.2 Å². The van der Waals surface area contributed by atoms with Crippen LogP contribution in [0.5, 0.6) is 0 Å². The van der Waals surface area contributed by atoms with Gasteiger partial charge in [-0.1, -0.05) is 35.3 Å². The maximum absolute atomic E-state index is 11.8. The number of nitrogens with one attached hydrogen (secondary N) is 1. The smallest absolute Gasteiger partial charge is 0.348 e. The first kappa shape index (κ1) is 16.8. The predicted molar refractivity (Wildman–Crippen MR) is 87.6 cm³/mol. The lowest BCUT2D eigenvalue weighted by atomic mass is 10.1. The molecule has 0 saturated carbocycles. The quantitative estimate of drug-likeness (QED) is 0.819. The van der Waals surface area contributed by atoms with Crippen molar-refractivity contribution < 1.29 is 14.3 Å². The third-order valence-corrected chi connectivity index (χ3v) is 4.28. The highest BCUT2D eigenvalue weighted by atomic mass is 35.5. The lowest BCUT2D eigenvalue weighted by molar-refractivity contribution is -0.124. The van der Waals surface area contributed by atoms with Crippen molar-refractivity contribution in [2.24, 2.45) is 0 Å². The summed E-state index contributed by atoms with van der Waals surface area (Å²) >= 11 is 13.2. The Balaban J connectivity index is 1.87. The molecule has 116 valence electrons. The zero-order valence-corrected chi connectivity index (χ0v) is 14.0. The van der Waals surface area contributed by atoms with E-state index in [0.29, 0.717) is 14.9 Å². The number of carbonyl (C=O) groups excluding carboxylic acids is 2. The molecule has 7 heteroatoms. The standard InChI is InChI=1S/C15H13Cl2NO3S/c1-9(11-5-4-10(16)7-12(11)17)18-14(19)8-21-15(20)13-3-2-6-22-13/h2-7,9H,8H2,1H3,(H,18,19)/t9-/m0/s1. The molecule has 0 fully saturated rings. The van der Waals surface area contributed by atoms with Crippen LogP contribution in [0.25, 0.3) is 0 Å². The van der Waals surface area contributed by atoms with Crippen molar-refractivity contribution in [3.05, 3.63) is 56.2 Å². The van der Waals surface area contributed by atoms with Crippen LogP contribution in [0.15, 0.2) is 35.7 Å². The number of hydrogen-bond acceptors (Lipinski definition) is 4. The number of ether oxygens (including phenoxy) is 1. The van der Waals surface area contributed by atoms with E-state index in [1.807, 2.05) is 0 Å². The molecule has 1 amide bonds. The zero-order valence-electron chi connectivity index (χ0n) is 11.6. The molecule has 22 heavy (non-hydrogen) atoms. The largest absolute Gasteiger partial charge is 0.451 e. The van der Waals surface area contributed by atoms with Crippen molar-refractivity contribution in [3.63, 3.8) is 0 Å². The molecular weight excluding hydrogens is 345 g/mol. The first-order valence-electron chi connectivity index (χ1n) is 6.42. The number of benzene rings is 1. The molecule has 1 aromatic carbocycles. The molecule has 1 aromatic heterocycles. The molecule has 0 unspecified atom stereocenters. The minimum absolute atomic E-state index is 0.322. The molecule has 1 heterocycles. The minimum Gasteiger partial charge on any atom is -0.451 e. The third-order valence-electron chi connectivity index (χ3n) is 2.86. The molecule has 0 aliphatic carbocycles. The monoisotopic (exact) mass is 357 g/mol. The van der Waals surface area contributed by atoms with E-state index in [1.54, 1.807) is 42.6 Å². The average Bonchev–Trinajstić information content (AvgIpc) is 2.98. The first-order chi connectivity index (χ1) is 10.5. The highest BCUT2D eigenvalue weighted by molar-refractivity contribution is 7.11. The van der Waals surface area contributed by atoms with Crippen LogP contribution in [0.3, 0.4) is 0 Å². The molecule has 4 nitrogen and oxygen atoms in total. The second kappa shape index (κ2) is 7.63. The molecule has 0 radical (unpaired) electrons. The summed E-state index contributed by atoms with van der Waals surface area (Å²) in [7, 11) is 0. The molecule has 0 saturated heterocycles. The molecule has 0 aliphatic rings. The fourth-order valence-corrected chi connectivity index (χ4v) is 3.00. The van der Waals surface area contributed by atoms with Gasteiger partial charge in [-0.2, -0.15) is 0 Å². The van der Waals surface area contributed by atoms with Crippen molar-refractivity contribution >= 4 is 46.4 Å². The summed E-state index contributed by atoms with van der Waals surface area (Å²) in [5.41, 5.74) is 0.740. The van der Waals surface area contributed by atoms with E-state index in [1.165, 1.54) is 11.3 Å². The highest BCUT2D eigenvalue weighted by Gasteiger charge is 2.15. The van der Waals surface area contributed by atoms with Crippen molar-refractivity contribution in [1.82, 2.24) is 5.32 Å². The Hall–Kier alpha value is -1.56. The Morgan fingerprint density at radius 1 is 1.32 bits per heavy atom. The molecule has 2 aromatic rings. The maximum atomic E-state index is 11.8. The van der Waals surface area contributed by atoms with Gasteiger partial charge in [0.1, 0.15) is 4.88 Å². The Labute approximate surface area is 142 Å². The molecule has 2 rings (SSSR count). The summed E-state index contributed by atoms with van der Waals surface area (Å²) in [6.07, 6.45) is 0. The fourth-order valence-electron chi connectivity index (χ4n) is 1.81. The second-order valence-electron chi connectivity index (χ2n) is 4.51. The van der Waals surface area contributed by atoms with Gasteiger partial charge in [0.25, 0.3) is 5.91 Å². The van der Waals surface area contributed by atoms with E-state index < -0.39 is 11.9 Å². The Kier molecular flexibility index (Phi) is 5.83. The van der Waals surface area contributed by atoms with Gasteiger partial charge in [-0.05, 0) is 36.1 Å². The van der Waals surface area contributed by atoms with Gasteiger partial charge in [0, 0.05) is 10.0 Å². The molecule has 1 atom stereocenters. The number of carbonyl (C=O) groups is 2. The van der Waals surface area contributed by atoms with Crippen molar-refractivity contribution in [3.8, 4) is 0 Å². The van der Waals surface area contributed by atoms with Crippen LogP contribution in [0, 0.1) is 0 Å². The Morgan fingerprint density at radius 2 is 2.09 bits per heavy atom. The van der Waals surface area contributed by atoms with E-state index >= 15 is 0 Å². The van der Waals surface area contributed by atoms with Gasteiger partial charge >= 0.3 is 5.97 Å². The molecule has 0 spiro atoms. The number of halogens is 2. The predicted octanol–water partition coefficient (Wildman–Crippen LogP) is 4.09. The normalized spacial score (nSPS) is 11.8. The number of rotatable bonds is 5. The van der Waals surface area contributed by atoms with Gasteiger partial charge in [-0.25, -0.2) is 4.79 Å². The molecular formula is C15H13Cl2NO3S. The van der Waals surface area contributed by atoms with Crippen molar-refractivity contribution in [2.45, 2.75) is 13.0 Å². The van der Waals surface area contributed by atoms with E-state index in [4.69, 9.17) is 27.9 Å². The van der Waals surface area contributed by atoms with Gasteiger partial charge < -0.3 is 10.1 Å². The van der Waals surface area contributed by atoms with Crippen LogP contribution < -0.4 is 5.32 Å². The topological polar surface area (TPSA) is 55.4 Å². The van der Waals surface area contributed by atoms with E-state index in [0.717, 1.165) is 5.56 Å². The average molecular weight is 358 g/mol. The summed E-state index contributed by atoms with van der Waals surface area (Å²) < 4.78 is 4.94. The van der Waals surface area contributed by atoms with Gasteiger partial charge in [-0.15, -0.1) is 11.3 Å². The third kappa shape index (κ3) is 4.47. The molecule has 0 aliphatic heterocycles. The number of amides is 1. The summed E-state index contributed by atoms with van der Waals surface area (Å²) in [6, 6.07) is 8.11. The molecule has 1 N–H and O–H groups in total. The van der Waals surface area contributed by atoms with E-state index in [-0.39, 0.29) is 12.6 Å². The molecule has 0 bridgehead atoms. The van der Waals surface area contributed by atoms with Crippen molar-refractivity contribution in [1.29, 1.82) is 0 Å². The lowest BCUT2D eigenvalue weighted by Gasteiger charge is -2.16. The fraction of sp³-hybridized carbons (Fsp3) is 0.200. The Bertz CT molecular complexity index is 673. The summed E-state index contributed by atoms with van der Waals surface area (Å²) in [4.78, 5) is 23.9. The van der Waals surface area contributed by atoms with Crippen LogP contribution >= 0.6 is 34.5 Å². The first-order valence-corrected chi connectivity index (χ1v) is 8.06. The van der Waals surface area contributed by atoms with Crippen molar-refractivity contribution in [2.75, 3.05) is 6.61 Å². The van der Waals surface area contributed by atoms with Crippen LogP contribution in [0.2, 0.25) is 10.0 Å². The number of esters is 1. The van der Waals surface area contributed by atoms with Crippen LogP contribution in [-0.4, -0.2) is 18.5 Å². The zero-order chi connectivity index (χ0) is 16.1. The van der Waals surface area contributed by atoms with Crippen LogP contribution in [-0.2, 0) is 9.53 Å². The number of thiophene rings is 1. The summed E-state index contributed by atoms with van der Waals surface area (Å²) in [5, 5.41) is 5.48. The number of hydrogen-bond donors (Lipinski definition) is 1. The van der Waals surface area contributed by atoms with E-state index in [9.17, 15) is 9.59 Å². The van der Waals surface area contributed by atoms with Gasteiger partial charge in [0.05, 0.1) is 6.04 Å². The maximum Gasteiger partial charge on any atom is 0.348 e. The highest BCUT2D eigenvalue weighted by Crippen LogP contribution is 2.26. The summed E-state index contributed by atoms with van der Waals surface area (Å²) in [5.74, 6) is -0.911. The lowest BCUT2D eigenvalue weighted by Crippen LogP contribution is -2.31. The van der Waals surface area contributed by atoms with Gasteiger partial charge in [-0.3, -0.25) is 4.79 Å². The van der Waals surface area contributed by atoms with Crippen LogP contribution in [0.4, 0.5) is 0 Å². The second-order valence-corrected chi connectivity index (χ2v) is 6.30. The van der Waals surface area contributed by atoms with E-state index in [2.05, 4.69) is 5.32 Å².